The fourth-order valence-electron chi connectivity index (χ4n) is 2.55. The average molecular weight is 168 g/mol. The molecule has 2 heteroatoms. The van der Waals surface area contributed by atoms with Crippen molar-refractivity contribution in [3.63, 3.8) is 0 Å². The minimum atomic E-state index is 0.229. The zero-order valence-corrected chi connectivity index (χ0v) is 7.80. The van der Waals surface area contributed by atoms with Crippen LogP contribution in [0.5, 0.6) is 0 Å². The number of fused-ring (bicyclic) bond motifs is 1. The molecule has 3 rings (SSSR count). The number of ether oxygens (including phenoxy) is 2. The molecule has 2 heterocycles. The van der Waals surface area contributed by atoms with Crippen molar-refractivity contribution in [2.45, 2.75) is 50.4 Å². The Morgan fingerprint density at radius 2 is 2.00 bits per heavy atom. The molecule has 0 unspecified atom stereocenters. The van der Waals surface area contributed by atoms with Crippen LogP contribution in [-0.2, 0) is 9.47 Å². The van der Waals surface area contributed by atoms with E-state index in [1.54, 1.807) is 0 Å². The molecule has 0 radical (unpaired) electrons. The van der Waals surface area contributed by atoms with E-state index in [1.807, 2.05) is 0 Å². The van der Waals surface area contributed by atoms with Gasteiger partial charge >= 0.3 is 0 Å². The van der Waals surface area contributed by atoms with Crippen LogP contribution in [0.15, 0.2) is 0 Å². The summed E-state index contributed by atoms with van der Waals surface area (Å²) in [6.45, 7) is 5.45. The number of epoxide rings is 2. The van der Waals surface area contributed by atoms with E-state index in [-0.39, 0.29) is 11.2 Å². The highest BCUT2D eigenvalue weighted by atomic mass is 16.6. The molecule has 0 aromatic carbocycles. The monoisotopic (exact) mass is 168 g/mol. The first-order chi connectivity index (χ1) is 5.62. The van der Waals surface area contributed by atoms with Crippen LogP contribution in [0.25, 0.3) is 0 Å². The van der Waals surface area contributed by atoms with E-state index in [0.29, 0.717) is 6.10 Å². The summed E-state index contributed by atoms with van der Waals surface area (Å²) in [5.74, 6) is 0.762. The Kier molecular flexibility index (Phi) is 1.15. The van der Waals surface area contributed by atoms with Crippen molar-refractivity contribution < 1.29 is 9.47 Å². The number of hydrogen-bond donors (Lipinski definition) is 0. The van der Waals surface area contributed by atoms with Crippen LogP contribution in [0.2, 0.25) is 0 Å². The highest BCUT2D eigenvalue weighted by Crippen LogP contribution is 2.54. The van der Waals surface area contributed by atoms with E-state index in [9.17, 15) is 0 Å². The Balaban J connectivity index is 1.70. The van der Waals surface area contributed by atoms with Gasteiger partial charge < -0.3 is 9.47 Å². The van der Waals surface area contributed by atoms with Crippen molar-refractivity contribution in [1.82, 2.24) is 0 Å². The molecule has 68 valence electrons. The van der Waals surface area contributed by atoms with E-state index in [4.69, 9.17) is 9.47 Å². The third-order valence-corrected chi connectivity index (χ3v) is 3.99. The lowest BCUT2D eigenvalue weighted by molar-refractivity contribution is 0.191. The quantitative estimate of drug-likeness (QED) is 0.557. The van der Waals surface area contributed by atoms with Gasteiger partial charge in [0.1, 0.15) is 0 Å². The van der Waals surface area contributed by atoms with Gasteiger partial charge in [-0.15, -0.1) is 0 Å². The van der Waals surface area contributed by atoms with Crippen LogP contribution in [0.1, 0.15) is 33.1 Å². The van der Waals surface area contributed by atoms with Gasteiger partial charge in [-0.3, -0.25) is 0 Å². The molecule has 1 saturated carbocycles. The Morgan fingerprint density at radius 1 is 1.25 bits per heavy atom. The van der Waals surface area contributed by atoms with Crippen LogP contribution in [0.3, 0.4) is 0 Å². The fourth-order valence-corrected chi connectivity index (χ4v) is 2.55. The summed E-state index contributed by atoms with van der Waals surface area (Å²) in [5, 5.41) is 0. The van der Waals surface area contributed by atoms with Crippen molar-refractivity contribution in [3.8, 4) is 0 Å². The number of rotatable bonds is 1. The zero-order valence-electron chi connectivity index (χ0n) is 7.80. The van der Waals surface area contributed by atoms with Crippen molar-refractivity contribution in [2.75, 3.05) is 6.61 Å². The maximum absolute atomic E-state index is 5.66. The van der Waals surface area contributed by atoms with Crippen LogP contribution >= 0.6 is 0 Å². The molecule has 2 aliphatic heterocycles. The Labute approximate surface area is 73.2 Å². The van der Waals surface area contributed by atoms with Gasteiger partial charge in [-0.2, -0.15) is 0 Å². The van der Waals surface area contributed by atoms with Crippen molar-refractivity contribution >= 4 is 0 Å². The fraction of sp³-hybridized carbons (Fsp3) is 1.00. The van der Waals surface area contributed by atoms with Crippen LogP contribution in [0.4, 0.5) is 0 Å². The van der Waals surface area contributed by atoms with E-state index in [1.165, 1.54) is 19.3 Å². The minimum absolute atomic E-state index is 0.229. The Bertz CT molecular complexity index is 222. The zero-order chi connectivity index (χ0) is 8.40. The van der Waals surface area contributed by atoms with Crippen molar-refractivity contribution in [1.29, 1.82) is 0 Å². The first kappa shape index (κ1) is 7.34. The van der Waals surface area contributed by atoms with Gasteiger partial charge in [0.2, 0.25) is 0 Å². The third kappa shape index (κ3) is 0.882. The topological polar surface area (TPSA) is 25.1 Å². The molecule has 0 N–H and O–H groups in total. The van der Waals surface area contributed by atoms with Gasteiger partial charge in [-0.05, 0) is 39.0 Å². The van der Waals surface area contributed by atoms with Gasteiger partial charge in [0, 0.05) is 0 Å². The smallest absolute Gasteiger partial charge is 0.0920 e. The lowest BCUT2D eigenvalue weighted by atomic mass is 9.77. The first-order valence-corrected chi connectivity index (χ1v) is 4.94. The molecule has 0 aromatic heterocycles. The van der Waals surface area contributed by atoms with E-state index >= 15 is 0 Å². The molecule has 4 atom stereocenters. The highest BCUT2D eigenvalue weighted by molar-refractivity contribution is 5.08. The molecule has 0 spiro atoms. The summed E-state index contributed by atoms with van der Waals surface area (Å²) in [4.78, 5) is 0. The summed E-state index contributed by atoms with van der Waals surface area (Å²) in [6, 6.07) is 0. The summed E-state index contributed by atoms with van der Waals surface area (Å²) >= 11 is 0. The van der Waals surface area contributed by atoms with E-state index < -0.39 is 0 Å². The molecule has 3 aliphatic rings. The van der Waals surface area contributed by atoms with Gasteiger partial charge in [0.15, 0.2) is 0 Å². The normalized spacial score (nSPS) is 62.5. The van der Waals surface area contributed by atoms with Gasteiger partial charge in [-0.25, -0.2) is 0 Å². The predicted molar refractivity (Wildman–Crippen MR) is 45.0 cm³/mol. The molecule has 2 saturated heterocycles. The van der Waals surface area contributed by atoms with Crippen molar-refractivity contribution in [2.24, 2.45) is 5.92 Å². The minimum Gasteiger partial charge on any atom is -0.370 e. The average Bonchev–Trinajstić information content (AvgIpc) is 2.86. The van der Waals surface area contributed by atoms with Crippen LogP contribution < -0.4 is 0 Å². The molecule has 0 amide bonds. The third-order valence-electron chi connectivity index (χ3n) is 3.99. The summed E-state index contributed by atoms with van der Waals surface area (Å²) in [6.07, 6.45) is 4.31. The molecule has 0 aromatic rings. The molecule has 12 heavy (non-hydrogen) atoms. The second-order valence-corrected chi connectivity index (χ2v) is 4.99. The Morgan fingerprint density at radius 3 is 2.58 bits per heavy atom. The SMILES string of the molecule is C[C@]1([C@@H]2CC[C@]3(C)O[C@@H]3C2)CO1. The van der Waals surface area contributed by atoms with Gasteiger partial charge in [-0.1, -0.05) is 0 Å². The summed E-state index contributed by atoms with van der Waals surface area (Å²) in [5.41, 5.74) is 0.495. The van der Waals surface area contributed by atoms with Crippen LogP contribution in [0, 0.1) is 5.92 Å². The Hall–Kier alpha value is -0.0800. The largest absolute Gasteiger partial charge is 0.370 e. The second-order valence-electron chi connectivity index (χ2n) is 4.99. The molecule has 0 bridgehead atoms. The van der Waals surface area contributed by atoms with E-state index in [2.05, 4.69) is 13.8 Å². The molecular weight excluding hydrogens is 152 g/mol. The lowest BCUT2D eigenvalue weighted by Gasteiger charge is -2.25. The number of hydrogen-bond acceptors (Lipinski definition) is 2. The maximum atomic E-state index is 5.66. The molecular formula is C10H16O2. The van der Waals surface area contributed by atoms with Gasteiger partial charge in [0.05, 0.1) is 23.9 Å². The standard InChI is InChI=1S/C10H16O2/c1-9-4-3-7(5-8(9)12-9)10(2)6-11-10/h7-8H,3-6H2,1-2H3/t7-,8-,9+,10-/m1/s1. The summed E-state index contributed by atoms with van der Waals surface area (Å²) in [7, 11) is 0. The molecule has 2 nitrogen and oxygen atoms in total. The molecule has 3 fully saturated rings. The van der Waals surface area contributed by atoms with Crippen LogP contribution in [-0.4, -0.2) is 23.9 Å². The summed E-state index contributed by atoms with van der Waals surface area (Å²) < 4.78 is 11.1. The van der Waals surface area contributed by atoms with Crippen molar-refractivity contribution in [3.05, 3.63) is 0 Å². The van der Waals surface area contributed by atoms with Gasteiger partial charge in [0.25, 0.3) is 0 Å². The maximum Gasteiger partial charge on any atom is 0.0920 e. The van der Waals surface area contributed by atoms with E-state index in [0.717, 1.165) is 12.5 Å². The second kappa shape index (κ2) is 1.88. The predicted octanol–water partition coefficient (Wildman–Crippen LogP) is 1.73. The first-order valence-electron chi connectivity index (χ1n) is 4.94. The highest BCUT2D eigenvalue weighted by Gasteiger charge is 2.60. The lowest BCUT2D eigenvalue weighted by Crippen LogP contribution is -2.29. The molecule has 1 aliphatic carbocycles.